The largest absolute Gasteiger partial charge is 0.484 e. The first-order chi connectivity index (χ1) is 10.8. The molecule has 1 atom stereocenters. The van der Waals surface area contributed by atoms with Gasteiger partial charge in [0.05, 0.1) is 5.92 Å². The molecule has 0 heterocycles. The predicted octanol–water partition coefficient (Wildman–Crippen LogP) is 2.13. The van der Waals surface area contributed by atoms with E-state index in [9.17, 15) is 14.4 Å². The van der Waals surface area contributed by atoms with E-state index in [-0.39, 0.29) is 24.9 Å². The van der Waals surface area contributed by atoms with Crippen molar-refractivity contribution in [1.82, 2.24) is 5.32 Å². The lowest BCUT2D eigenvalue weighted by Crippen LogP contribution is -2.36. The van der Waals surface area contributed by atoms with Gasteiger partial charge < -0.3 is 15.2 Å². The van der Waals surface area contributed by atoms with E-state index in [0.29, 0.717) is 17.7 Å². The number of aliphatic carboxylic acids is 1. The van der Waals surface area contributed by atoms with Gasteiger partial charge >= 0.3 is 5.97 Å². The Morgan fingerprint density at radius 1 is 1.26 bits per heavy atom. The van der Waals surface area contributed by atoms with E-state index in [1.807, 2.05) is 13.8 Å². The van der Waals surface area contributed by atoms with Crippen LogP contribution in [0.2, 0.25) is 0 Å². The second kappa shape index (κ2) is 8.92. The maximum absolute atomic E-state index is 11.8. The zero-order valence-corrected chi connectivity index (χ0v) is 13.7. The zero-order valence-electron chi connectivity index (χ0n) is 13.7. The molecule has 6 heteroatoms. The minimum absolute atomic E-state index is 0.0726. The van der Waals surface area contributed by atoms with E-state index < -0.39 is 17.8 Å². The van der Waals surface area contributed by atoms with E-state index in [2.05, 4.69) is 5.32 Å². The first-order valence-electron chi connectivity index (χ1n) is 7.53. The van der Waals surface area contributed by atoms with E-state index in [4.69, 9.17) is 9.84 Å². The molecule has 0 aromatic heterocycles. The van der Waals surface area contributed by atoms with Crippen molar-refractivity contribution in [2.75, 3.05) is 13.2 Å². The van der Waals surface area contributed by atoms with E-state index in [1.54, 1.807) is 24.3 Å². The molecule has 1 unspecified atom stereocenters. The second-order valence-electron chi connectivity index (χ2n) is 5.84. The Hall–Kier alpha value is -2.37. The van der Waals surface area contributed by atoms with Crippen LogP contribution in [0, 0.1) is 11.8 Å². The Kier molecular flexibility index (Phi) is 7.25. The third-order valence-electron chi connectivity index (χ3n) is 3.26. The van der Waals surface area contributed by atoms with Crippen LogP contribution in [-0.2, 0) is 9.59 Å². The highest BCUT2D eigenvalue weighted by molar-refractivity contribution is 5.94. The van der Waals surface area contributed by atoms with Crippen LogP contribution >= 0.6 is 0 Å². The summed E-state index contributed by atoms with van der Waals surface area (Å²) in [6.07, 6.45) is 0.497. The number of hydrogen-bond donors (Lipinski definition) is 2. The number of carbonyl (C=O) groups is 3. The molecule has 2 N–H and O–H groups in total. The summed E-state index contributed by atoms with van der Waals surface area (Å²) in [4.78, 5) is 34.1. The van der Waals surface area contributed by atoms with Crippen molar-refractivity contribution < 1.29 is 24.2 Å². The van der Waals surface area contributed by atoms with Crippen LogP contribution in [0.5, 0.6) is 5.75 Å². The molecular formula is C17H23NO5. The molecule has 0 fully saturated rings. The molecule has 0 aliphatic rings. The average Bonchev–Trinajstić information content (AvgIpc) is 2.49. The highest BCUT2D eigenvalue weighted by atomic mass is 16.5. The van der Waals surface area contributed by atoms with E-state index in [0.717, 1.165) is 0 Å². The van der Waals surface area contributed by atoms with Crippen LogP contribution in [0.4, 0.5) is 0 Å². The van der Waals surface area contributed by atoms with E-state index in [1.165, 1.54) is 6.92 Å². The van der Waals surface area contributed by atoms with Gasteiger partial charge in [0.1, 0.15) is 5.75 Å². The molecule has 0 saturated heterocycles. The van der Waals surface area contributed by atoms with Crippen molar-refractivity contribution in [2.24, 2.45) is 11.8 Å². The second-order valence-corrected chi connectivity index (χ2v) is 5.84. The summed E-state index contributed by atoms with van der Waals surface area (Å²) < 4.78 is 5.32. The van der Waals surface area contributed by atoms with Crippen molar-refractivity contribution >= 4 is 17.7 Å². The third kappa shape index (κ3) is 6.95. The monoisotopic (exact) mass is 321 g/mol. The first kappa shape index (κ1) is 18.7. The smallest absolute Gasteiger partial charge is 0.308 e. The van der Waals surface area contributed by atoms with Crippen LogP contribution in [-0.4, -0.2) is 35.9 Å². The quantitative estimate of drug-likeness (QED) is 0.680. The van der Waals surface area contributed by atoms with Gasteiger partial charge in [0.25, 0.3) is 5.91 Å². The molecule has 0 spiro atoms. The Morgan fingerprint density at radius 2 is 1.96 bits per heavy atom. The van der Waals surface area contributed by atoms with Gasteiger partial charge in [-0.05, 0) is 31.4 Å². The highest BCUT2D eigenvalue weighted by Crippen LogP contribution is 2.14. The number of carbonyl (C=O) groups excluding carboxylic acids is 2. The molecule has 0 aliphatic carbocycles. The summed E-state index contributed by atoms with van der Waals surface area (Å²) in [6, 6.07) is 6.55. The maximum atomic E-state index is 11.8. The van der Waals surface area contributed by atoms with Gasteiger partial charge in [0, 0.05) is 12.1 Å². The maximum Gasteiger partial charge on any atom is 0.308 e. The first-order valence-corrected chi connectivity index (χ1v) is 7.53. The lowest BCUT2D eigenvalue weighted by molar-refractivity contribution is -0.142. The molecular weight excluding hydrogens is 298 g/mol. The van der Waals surface area contributed by atoms with Crippen molar-refractivity contribution in [3.63, 3.8) is 0 Å². The molecule has 1 aromatic carbocycles. The summed E-state index contributed by atoms with van der Waals surface area (Å²) in [7, 11) is 0. The normalized spacial score (nSPS) is 11.8. The van der Waals surface area contributed by atoms with Crippen LogP contribution in [0.1, 0.15) is 37.6 Å². The average molecular weight is 321 g/mol. The van der Waals surface area contributed by atoms with Gasteiger partial charge in [-0.15, -0.1) is 0 Å². The Bertz CT molecular complexity index is 568. The molecule has 0 bridgehead atoms. The number of Topliss-reactive ketones (excluding diaryl/α,β-unsaturated/α-hetero) is 1. The number of carboxylic acid groups (broad SMARTS) is 1. The van der Waals surface area contributed by atoms with Crippen LogP contribution in [0.25, 0.3) is 0 Å². The number of nitrogens with one attached hydrogen (secondary N) is 1. The Balaban J connectivity index is 2.46. The minimum atomic E-state index is -0.922. The zero-order chi connectivity index (χ0) is 17.4. The summed E-state index contributed by atoms with van der Waals surface area (Å²) >= 11 is 0. The van der Waals surface area contributed by atoms with Gasteiger partial charge in [-0.3, -0.25) is 14.4 Å². The van der Waals surface area contributed by atoms with E-state index >= 15 is 0 Å². The number of ketones is 1. The SMILES string of the molecule is CC(=O)c1cccc(OCC(=O)NCC(CC(C)C)C(=O)O)c1. The third-order valence-corrected chi connectivity index (χ3v) is 3.26. The fourth-order valence-corrected chi connectivity index (χ4v) is 2.08. The predicted molar refractivity (Wildman–Crippen MR) is 85.5 cm³/mol. The topological polar surface area (TPSA) is 92.7 Å². The van der Waals surface area contributed by atoms with Crippen molar-refractivity contribution in [1.29, 1.82) is 0 Å². The lowest BCUT2D eigenvalue weighted by Gasteiger charge is -2.15. The Labute approximate surface area is 135 Å². The van der Waals surface area contributed by atoms with Crippen molar-refractivity contribution in [3.8, 4) is 5.75 Å². The molecule has 0 aliphatic heterocycles. The minimum Gasteiger partial charge on any atom is -0.484 e. The molecule has 1 aromatic rings. The fraction of sp³-hybridized carbons (Fsp3) is 0.471. The van der Waals surface area contributed by atoms with Crippen molar-refractivity contribution in [2.45, 2.75) is 27.2 Å². The fourth-order valence-electron chi connectivity index (χ4n) is 2.08. The summed E-state index contributed by atoms with van der Waals surface area (Å²) in [5.41, 5.74) is 0.505. The van der Waals surface area contributed by atoms with Crippen molar-refractivity contribution in [3.05, 3.63) is 29.8 Å². The number of amides is 1. The molecule has 126 valence electrons. The number of benzene rings is 1. The molecule has 23 heavy (non-hydrogen) atoms. The standard InChI is InChI=1S/C17H23NO5/c1-11(2)7-14(17(21)22)9-18-16(20)10-23-15-6-4-5-13(8-15)12(3)19/h4-6,8,11,14H,7,9-10H2,1-3H3,(H,18,20)(H,21,22). The molecule has 6 nitrogen and oxygen atoms in total. The molecule has 1 rings (SSSR count). The number of carboxylic acids is 1. The van der Waals surface area contributed by atoms with Crippen LogP contribution < -0.4 is 10.1 Å². The van der Waals surface area contributed by atoms with Gasteiger partial charge in [0.2, 0.25) is 0 Å². The number of rotatable bonds is 9. The van der Waals surface area contributed by atoms with Gasteiger partial charge in [0.15, 0.2) is 12.4 Å². The summed E-state index contributed by atoms with van der Waals surface area (Å²) in [6.45, 7) is 5.16. The molecule has 1 amide bonds. The van der Waals surface area contributed by atoms with Crippen LogP contribution in [0.3, 0.4) is 0 Å². The van der Waals surface area contributed by atoms with Gasteiger partial charge in [-0.2, -0.15) is 0 Å². The van der Waals surface area contributed by atoms with Gasteiger partial charge in [-0.1, -0.05) is 26.0 Å². The highest BCUT2D eigenvalue weighted by Gasteiger charge is 2.19. The van der Waals surface area contributed by atoms with Gasteiger partial charge in [-0.25, -0.2) is 0 Å². The molecule has 0 saturated carbocycles. The molecule has 0 radical (unpaired) electrons. The number of hydrogen-bond acceptors (Lipinski definition) is 4. The summed E-state index contributed by atoms with van der Waals surface area (Å²) in [5.74, 6) is -1.36. The Morgan fingerprint density at radius 3 is 2.52 bits per heavy atom. The number of ether oxygens (including phenoxy) is 1. The summed E-state index contributed by atoms with van der Waals surface area (Å²) in [5, 5.41) is 11.7. The lowest BCUT2D eigenvalue weighted by atomic mass is 9.97. The van der Waals surface area contributed by atoms with Crippen LogP contribution in [0.15, 0.2) is 24.3 Å².